The van der Waals surface area contributed by atoms with Gasteiger partial charge in [0.05, 0.1) is 12.2 Å². The molecule has 0 aliphatic heterocycles. The first-order valence-corrected chi connectivity index (χ1v) is 6.88. The van der Waals surface area contributed by atoms with Crippen molar-refractivity contribution in [3.63, 3.8) is 0 Å². The zero-order valence-electron chi connectivity index (χ0n) is 12.3. The van der Waals surface area contributed by atoms with Crippen molar-refractivity contribution in [2.45, 2.75) is 20.4 Å². The number of nitrogens with one attached hydrogen (secondary N) is 1. The van der Waals surface area contributed by atoms with Gasteiger partial charge in [0.2, 0.25) is 5.91 Å². The van der Waals surface area contributed by atoms with Crippen LogP contribution in [0.15, 0.2) is 60.7 Å². The van der Waals surface area contributed by atoms with E-state index >= 15 is 0 Å². The fourth-order valence-corrected chi connectivity index (χ4v) is 1.94. The monoisotopic (exact) mass is 281 g/mol. The van der Waals surface area contributed by atoms with Crippen LogP contribution in [0.3, 0.4) is 0 Å². The summed E-state index contributed by atoms with van der Waals surface area (Å²) in [6, 6.07) is 11.9. The molecule has 0 bridgehead atoms. The van der Waals surface area contributed by atoms with E-state index < -0.39 is 0 Å². The Labute approximate surface area is 124 Å². The topological polar surface area (TPSA) is 46.9 Å². The van der Waals surface area contributed by atoms with Crippen molar-refractivity contribution in [1.29, 1.82) is 0 Å². The summed E-state index contributed by atoms with van der Waals surface area (Å²) in [7, 11) is 0. The van der Waals surface area contributed by atoms with Crippen LogP contribution in [0.2, 0.25) is 0 Å². The van der Waals surface area contributed by atoms with E-state index in [1.165, 1.54) is 6.08 Å². The summed E-state index contributed by atoms with van der Waals surface area (Å²) in [6.45, 7) is 4.44. The third kappa shape index (κ3) is 4.45. The van der Waals surface area contributed by atoms with E-state index in [4.69, 9.17) is 0 Å². The van der Waals surface area contributed by atoms with Crippen LogP contribution in [-0.2, 0) is 11.3 Å². The van der Waals surface area contributed by atoms with Crippen LogP contribution >= 0.6 is 0 Å². The number of hydrogen-bond donors (Lipinski definition) is 1. The maximum Gasteiger partial charge on any atom is 0.249 e. The minimum Gasteiger partial charge on any atom is -0.307 e. The van der Waals surface area contributed by atoms with Crippen LogP contribution in [0.4, 0.5) is 5.82 Å². The molecule has 0 spiro atoms. The smallest absolute Gasteiger partial charge is 0.249 e. The van der Waals surface area contributed by atoms with E-state index in [9.17, 15) is 4.79 Å². The van der Waals surface area contributed by atoms with Crippen LogP contribution < -0.4 is 5.32 Å². The Balaban J connectivity index is 2.11. The molecule has 0 saturated heterocycles. The van der Waals surface area contributed by atoms with Crippen molar-refractivity contribution in [2.24, 2.45) is 0 Å². The van der Waals surface area contributed by atoms with Gasteiger partial charge in [-0.25, -0.2) is 4.68 Å². The molecule has 0 saturated carbocycles. The average Bonchev–Trinajstić information content (AvgIpc) is 2.80. The van der Waals surface area contributed by atoms with Crippen molar-refractivity contribution in [2.75, 3.05) is 5.32 Å². The maximum absolute atomic E-state index is 11.8. The van der Waals surface area contributed by atoms with Gasteiger partial charge in [0, 0.05) is 12.1 Å². The molecule has 4 nitrogen and oxygen atoms in total. The zero-order chi connectivity index (χ0) is 15.1. The number of anilines is 1. The molecule has 2 rings (SSSR count). The van der Waals surface area contributed by atoms with Crippen molar-refractivity contribution in [3.05, 3.63) is 72.0 Å². The van der Waals surface area contributed by atoms with Crippen LogP contribution in [-0.4, -0.2) is 15.7 Å². The Hall–Kier alpha value is -2.62. The van der Waals surface area contributed by atoms with Crippen molar-refractivity contribution < 1.29 is 4.79 Å². The lowest BCUT2D eigenvalue weighted by Gasteiger charge is -2.07. The highest BCUT2D eigenvalue weighted by Crippen LogP contribution is 2.13. The summed E-state index contributed by atoms with van der Waals surface area (Å²) in [5, 5.41) is 7.27. The second kappa shape index (κ2) is 7.24. The Morgan fingerprint density at radius 1 is 1.29 bits per heavy atom. The van der Waals surface area contributed by atoms with E-state index in [2.05, 4.69) is 10.4 Å². The molecular formula is C17H19N3O. The molecule has 0 fully saturated rings. The third-order valence-electron chi connectivity index (χ3n) is 2.88. The molecule has 0 unspecified atom stereocenters. The lowest BCUT2D eigenvalue weighted by atomic mass is 10.2. The average molecular weight is 281 g/mol. The minimum absolute atomic E-state index is 0.165. The first-order chi connectivity index (χ1) is 10.2. The number of nitrogens with zero attached hydrogens (tertiary/aromatic N) is 2. The summed E-state index contributed by atoms with van der Waals surface area (Å²) >= 11 is 0. The summed E-state index contributed by atoms with van der Waals surface area (Å²) in [5.74, 6) is 0.536. The Morgan fingerprint density at radius 2 is 2.05 bits per heavy atom. The number of aromatic nitrogens is 2. The molecule has 0 aliphatic carbocycles. The number of carbonyl (C=O) groups excluding carboxylic acids is 1. The quantitative estimate of drug-likeness (QED) is 0.675. The first-order valence-electron chi connectivity index (χ1n) is 6.88. The number of carbonyl (C=O) groups is 1. The molecule has 4 heteroatoms. The molecule has 2 aromatic rings. The minimum atomic E-state index is -0.165. The lowest BCUT2D eigenvalue weighted by molar-refractivity contribution is -0.111. The predicted molar refractivity (Wildman–Crippen MR) is 85.1 cm³/mol. The number of benzene rings is 1. The Bertz CT molecular complexity index is 654. The van der Waals surface area contributed by atoms with Gasteiger partial charge in [0.15, 0.2) is 0 Å². The van der Waals surface area contributed by atoms with Gasteiger partial charge in [0.25, 0.3) is 0 Å². The number of hydrogen-bond acceptors (Lipinski definition) is 2. The summed E-state index contributed by atoms with van der Waals surface area (Å²) in [6.07, 6.45) is 6.88. The molecule has 0 atom stereocenters. The Kier molecular flexibility index (Phi) is 5.10. The molecule has 0 aliphatic rings. The van der Waals surface area contributed by atoms with E-state index in [0.717, 1.165) is 11.3 Å². The van der Waals surface area contributed by atoms with E-state index in [1.54, 1.807) is 10.8 Å². The fraction of sp³-hybridized carbons (Fsp3) is 0.176. The summed E-state index contributed by atoms with van der Waals surface area (Å²) in [5.41, 5.74) is 2.01. The third-order valence-corrected chi connectivity index (χ3v) is 2.88. The van der Waals surface area contributed by atoms with Crippen LogP contribution in [0.25, 0.3) is 0 Å². The second-order valence-corrected chi connectivity index (χ2v) is 4.69. The van der Waals surface area contributed by atoms with Gasteiger partial charge in [-0.2, -0.15) is 5.10 Å². The van der Waals surface area contributed by atoms with Gasteiger partial charge in [-0.05, 0) is 19.4 Å². The van der Waals surface area contributed by atoms with Gasteiger partial charge in [-0.3, -0.25) is 4.79 Å². The summed E-state index contributed by atoms with van der Waals surface area (Å²) in [4.78, 5) is 11.8. The molecule has 1 aromatic heterocycles. The number of aryl methyl sites for hydroxylation is 1. The van der Waals surface area contributed by atoms with Gasteiger partial charge >= 0.3 is 0 Å². The molecule has 1 N–H and O–H groups in total. The largest absolute Gasteiger partial charge is 0.307 e. The first kappa shape index (κ1) is 14.8. The lowest BCUT2D eigenvalue weighted by Crippen LogP contribution is -2.13. The van der Waals surface area contributed by atoms with Gasteiger partial charge in [-0.1, -0.05) is 48.6 Å². The van der Waals surface area contributed by atoms with Gasteiger partial charge < -0.3 is 5.32 Å². The summed E-state index contributed by atoms with van der Waals surface area (Å²) < 4.78 is 1.80. The highest BCUT2D eigenvalue weighted by Gasteiger charge is 2.07. The molecule has 1 aromatic carbocycles. The molecule has 0 radical (unpaired) electrons. The second-order valence-electron chi connectivity index (χ2n) is 4.69. The van der Waals surface area contributed by atoms with Gasteiger partial charge in [0.1, 0.15) is 5.82 Å². The fourth-order valence-electron chi connectivity index (χ4n) is 1.94. The van der Waals surface area contributed by atoms with E-state index in [-0.39, 0.29) is 5.91 Å². The predicted octanol–water partition coefficient (Wildman–Crippen LogP) is 3.31. The normalized spacial score (nSPS) is 11.3. The number of amides is 1. The molecule has 108 valence electrons. The van der Waals surface area contributed by atoms with Crippen LogP contribution in [0.5, 0.6) is 0 Å². The Morgan fingerprint density at radius 3 is 2.76 bits per heavy atom. The zero-order valence-corrected chi connectivity index (χ0v) is 12.3. The standard InChI is InChI=1S/C17H19N3O/c1-3-4-6-11-17(21)18-16-12-14(2)19-20(16)13-15-9-7-5-8-10-15/h3-12H,13H2,1-2H3,(H,18,21). The van der Waals surface area contributed by atoms with Crippen LogP contribution in [0, 0.1) is 6.92 Å². The highest BCUT2D eigenvalue weighted by molar-refractivity contribution is 5.98. The van der Waals surface area contributed by atoms with E-state index in [0.29, 0.717) is 12.4 Å². The van der Waals surface area contributed by atoms with Crippen molar-refractivity contribution >= 4 is 11.7 Å². The molecule has 21 heavy (non-hydrogen) atoms. The molecule has 1 amide bonds. The molecular weight excluding hydrogens is 262 g/mol. The van der Waals surface area contributed by atoms with Crippen molar-refractivity contribution in [1.82, 2.24) is 9.78 Å². The number of rotatable bonds is 5. The maximum atomic E-state index is 11.8. The highest BCUT2D eigenvalue weighted by atomic mass is 16.1. The van der Waals surface area contributed by atoms with Crippen molar-refractivity contribution in [3.8, 4) is 0 Å². The van der Waals surface area contributed by atoms with E-state index in [1.807, 2.05) is 62.4 Å². The SMILES string of the molecule is CC=CC=CC(=O)Nc1cc(C)nn1Cc1ccccc1. The molecule has 1 heterocycles. The van der Waals surface area contributed by atoms with Gasteiger partial charge in [-0.15, -0.1) is 0 Å². The number of allylic oxidation sites excluding steroid dienone is 3. The van der Waals surface area contributed by atoms with Crippen LogP contribution in [0.1, 0.15) is 18.2 Å².